The number of rotatable bonds is 1. The summed E-state index contributed by atoms with van der Waals surface area (Å²) in [6, 6.07) is 16.2. The second-order valence-electron chi connectivity index (χ2n) is 7.22. The second kappa shape index (κ2) is 5.86. The molecule has 27 heavy (non-hydrogen) atoms. The number of aromatic nitrogens is 2. The molecule has 0 saturated carbocycles. The highest BCUT2D eigenvalue weighted by atomic mass is 32.1. The van der Waals surface area contributed by atoms with E-state index in [1.54, 1.807) is 23.5 Å². The molecule has 3 heterocycles. The van der Waals surface area contributed by atoms with Gasteiger partial charge in [0.2, 0.25) is 5.69 Å². The Hall–Kier alpha value is -2.78. The third-order valence-electron chi connectivity index (χ3n) is 5.17. The van der Waals surface area contributed by atoms with Crippen LogP contribution in [0.15, 0.2) is 54.7 Å². The molecule has 3 aromatic heterocycles. The molecule has 0 aliphatic rings. The Labute approximate surface area is 166 Å². The van der Waals surface area contributed by atoms with Crippen LogP contribution in [0.2, 0.25) is 0 Å². The van der Waals surface area contributed by atoms with Crippen molar-refractivity contribution in [3.63, 3.8) is 0 Å². The summed E-state index contributed by atoms with van der Waals surface area (Å²) in [5, 5.41) is 3.48. The number of thiophene rings is 1. The first kappa shape index (κ1) is 13.4. The minimum Gasteiger partial charge on any atom is -0.237 e. The van der Waals surface area contributed by atoms with E-state index in [2.05, 4.69) is 48.0 Å². The Morgan fingerprint density at radius 1 is 0.963 bits per heavy atom. The third kappa shape index (κ3) is 2.62. The average molecular weight is 373 g/mol. The van der Waals surface area contributed by atoms with Crippen molar-refractivity contribution >= 4 is 42.5 Å². The number of pyridine rings is 2. The summed E-state index contributed by atoms with van der Waals surface area (Å²) < 4.78 is 26.3. The summed E-state index contributed by atoms with van der Waals surface area (Å²) in [6.45, 7) is 1.96. The first-order valence-corrected chi connectivity index (χ1v) is 9.77. The Balaban J connectivity index is 1.74. The van der Waals surface area contributed by atoms with Gasteiger partial charge in [-0.2, -0.15) is 4.57 Å². The van der Waals surface area contributed by atoms with Crippen molar-refractivity contribution in [3.05, 3.63) is 71.4 Å². The fourth-order valence-electron chi connectivity index (χ4n) is 3.77. The summed E-state index contributed by atoms with van der Waals surface area (Å²) in [5.74, 6) is 0. The molecule has 132 valence electrons. The van der Waals surface area contributed by atoms with Crippen molar-refractivity contribution < 1.29 is 8.68 Å². The van der Waals surface area contributed by atoms with Crippen molar-refractivity contribution in [2.24, 2.45) is 7.05 Å². The number of aryl methyl sites for hydroxylation is 4. The molecule has 0 amide bonds. The molecule has 0 atom stereocenters. The first-order chi connectivity index (χ1) is 14.2. The summed E-state index contributed by atoms with van der Waals surface area (Å²) in [7, 11) is 2.03. The van der Waals surface area contributed by atoms with Crippen molar-refractivity contribution in [1.82, 2.24) is 4.98 Å². The molecule has 0 fully saturated rings. The summed E-state index contributed by atoms with van der Waals surface area (Å²) in [5.41, 5.74) is 5.66. The molecule has 5 aromatic rings. The summed E-state index contributed by atoms with van der Waals surface area (Å²) >= 11 is 1.70. The first-order valence-electron chi connectivity index (χ1n) is 10.5. The normalized spacial score (nSPS) is 13.8. The molecule has 2 nitrogen and oxygen atoms in total. The van der Waals surface area contributed by atoms with E-state index >= 15 is 0 Å². The molecule has 0 radical (unpaired) electrons. The van der Waals surface area contributed by atoms with Gasteiger partial charge in [-0.3, -0.25) is 0 Å². The van der Waals surface area contributed by atoms with E-state index in [9.17, 15) is 0 Å². The Kier molecular flexibility index (Phi) is 2.91. The zero-order valence-corrected chi connectivity index (χ0v) is 16.3. The zero-order valence-electron chi connectivity index (χ0n) is 18.5. The lowest BCUT2D eigenvalue weighted by Gasteiger charge is -2.06. The smallest absolute Gasteiger partial charge is 0.213 e. The molecule has 0 bridgehead atoms. The molecule has 0 saturated heterocycles. The standard InChI is InChI=1S/C24H21N2S/c1-14-6-8-18(16(3)9-14)22-12-19-20-11-17-7-5-15(2)10-21(17)25-24(20)27-23(19)13-26(22)4/h5-13H,1-4H3/q+1/i1D3. The van der Waals surface area contributed by atoms with Crippen LogP contribution in [0.5, 0.6) is 0 Å². The molecule has 0 N–H and O–H groups in total. The van der Waals surface area contributed by atoms with Crippen molar-refractivity contribution in [2.75, 3.05) is 0 Å². The van der Waals surface area contributed by atoms with Crippen molar-refractivity contribution in [2.45, 2.75) is 20.7 Å². The van der Waals surface area contributed by atoms with Gasteiger partial charge in [0.1, 0.15) is 16.6 Å². The van der Waals surface area contributed by atoms with E-state index in [1.165, 1.54) is 15.6 Å². The van der Waals surface area contributed by atoms with E-state index in [4.69, 9.17) is 9.10 Å². The Morgan fingerprint density at radius 3 is 2.63 bits per heavy atom. The predicted molar refractivity (Wildman–Crippen MR) is 115 cm³/mol. The predicted octanol–water partition coefficient (Wildman–Crippen LogP) is 6.02. The quantitative estimate of drug-likeness (QED) is 0.329. The van der Waals surface area contributed by atoms with Crippen LogP contribution in [0.3, 0.4) is 0 Å². The van der Waals surface area contributed by atoms with E-state index in [0.717, 1.165) is 37.9 Å². The van der Waals surface area contributed by atoms with Crippen LogP contribution in [-0.4, -0.2) is 4.98 Å². The Bertz CT molecular complexity index is 1470. The molecule has 0 spiro atoms. The number of fused-ring (bicyclic) bond motifs is 4. The average Bonchev–Trinajstić information content (AvgIpc) is 3.01. The molecule has 2 aromatic carbocycles. The lowest BCUT2D eigenvalue weighted by atomic mass is 10.0. The van der Waals surface area contributed by atoms with E-state index in [-0.39, 0.29) is 0 Å². The van der Waals surface area contributed by atoms with E-state index in [0.29, 0.717) is 5.56 Å². The van der Waals surface area contributed by atoms with E-state index < -0.39 is 6.85 Å². The summed E-state index contributed by atoms with van der Waals surface area (Å²) in [6.07, 6.45) is 2.14. The maximum absolute atomic E-state index is 7.67. The fourth-order valence-corrected chi connectivity index (χ4v) is 4.89. The van der Waals surface area contributed by atoms with Gasteiger partial charge in [-0.1, -0.05) is 29.8 Å². The van der Waals surface area contributed by atoms with Gasteiger partial charge < -0.3 is 0 Å². The highest BCUT2D eigenvalue weighted by Gasteiger charge is 2.18. The van der Waals surface area contributed by atoms with Crippen LogP contribution in [0.1, 0.15) is 20.8 Å². The lowest BCUT2D eigenvalue weighted by Crippen LogP contribution is -2.30. The summed E-state index contributed by atoms with van der Waals surface area (Å²) in [4.78, 5) is 5.95. The van der Waals surface area contributed by atoms with Gasteiger partial charge >= 0.3 is 0 Å². The molecule has 0 aliphatic heterocycles. The molecular weight excluding hydrogens is 348 g/mol. The molecule has 3 heteroatoms. The number of nitrogens with zero attached hydrogens (tertiary/aromatic N) is 2. The van der Waals surface area contributed by atoms with Crippen LogP contribution in [0, 0.1) is 20.7 Å². The molecule has 0 unspecified atom stereocenters. The Morgan fingerprint density at radius 2 is 1.81 bits per heavy atom. The minimum absolute atomic E-state index is 0.374. The minimum atomic E-state index is -2.09. The number of benzene rings is 2. The van der Waals surface area contributed by atoms with Gasteiger partial charge in [-0.05, 0) is 50.0 Å². The largest absolute Gasteiger partial charge is 0.237 e. The highest BCUT2D eigenvalue weighted by Crippen LogP contribution is 2.36. The van der Waals surface area contributed by atoms with Crippen LogP contribution in [-0.2, 0) is 7.05 Å². The molecule has 0 aliphatic carbocycles. The second-order valence-corrected chi connectivity index (χ2v) is 8.25. The zero-order chi connectivity index (χ0) is 21.2. The van der Waals surface area contributed by atoms with Crippen LogP contribution >= 0.6 is 11.3 Å². The van der Waals surface area contributed by atoms with Crippen molar-refractivity contribution in [3.8, 4) is 11.3 Å². The molecular formula is C24H21N2S+. The van der Waals surface area contributed by atoms with E-state index in [1.807, 2.05) is 20.0 Å². The monoisotopic (exact) mass is 372 g/mol. The van der Waals surface area contributed by atoms with Gasteiger partial charge in [0.15, 0.2) is 6.20 Å². The number of hydrogen-bond acceptors (Lipinski definition) is 2. The highest BCUT2D eigenvalue weighted by molar-refractivity contribution is 7.25. The maximum Gasteiger partial charge on any atom is 0.213 e. The van der Waals surface area contributed by atoms with Gasteiger partial charge in [0, 0.05) is 31.9 Å². The van der Waals surface area contributed by atoms with Gasteiger partial charge in [0.25, 0.3) is 0 Å². The number of hydrogen-bond donors (Lipinski definition) is 0. The fraction of sp³-hybridized carbons (Fsp3) is 0.167. The van der Waals surface area contributed by atoms with Gasteiger partial charge in [0.05, 0.1) is 5.52 Å². The van der Waals surface area contributed by atoms with Gasteiger partial charge in [-0.25, -0.2) is 4.98 Å². The SMILES string of the molecule is [2H]C([2H])([2H])c1ccc(-c2cc3c(c[n+]2C)sc2nc4cc(C)ccc4cc23)c(C)c1. The maximum atomic E-state index is 7.67. The van der Waals surface area contributed by atoms with Crippen LogP contribution in [0.4, 0.5) is 0 Å². The lowest BCUT2D eigenvalue weighted by molar-refractivity contribution is -0.659. The van der Waals surface area contributed by atoms with Crippen LogP contribution < -0.4 is 4.57 Å². The van der Waals surface area contributed by atoms with Gasteiger partial charge in [-0.15, -0.1) is 11.3 Å². The molecule has 5 rings (SSSR count). The van der Waals surface area contributed by atoms with Crippen molar-refractivity contribution in [1.29, 1.82) is 0 Å². The third-order valence-corrected chi connectivity index (χ3v) is 6.22. The van der Waals surface area contributed by atoms with Crippen LogP contribution in [0.25, 0.3) is 42.5 Å². The topological polar surface area (TPSA) is 16.8 Å².